The van der Waals surface area contributed by atoms with E-state index in [0.29, 0.717) is 32.2 Å². The first kappa shape index (κ1) is 23.1. The van der Waals surface area contributed by atoms with Crippen LogP contribution in [0.4, 0.5) is 5.69 Å². The fourth-order valence-corrected chi connectivity index (χ4v) is 4.17. The van der Waals surface area contributed by atoms with Gasteiger partial charge in [-0.2, -0.15) is 0 Å². The molecule has 0 radical (unpaired) electrons. The summed E-state index contributed by atoms with van der Waals surface area (Å²) in [6, 6.07) is 10.9. The molecule has 2 aromatic rings. The minimum Gasteiger partial charge on any atom is -0.383 e. The van der Waals surface area contributed by atoms with Crippen molar-refractivity contribution in [2.75, 3.05) is 53.1 Å². The minimum atomic E-state index is -0.400. The van der Waals surface area contributed by atoms with Gasteiger partial charge in [0.25, 0.3) is 5.69 Å². The third kappa shape index (κ3) is 7.28. The van der Waals surface area contributed by atoms with Crippen LogP contribution in [0.2, 0.25) is 0 Å². The van der Waals surface area contributed by atoms with Crippen molar-refractivity contribution in [3.05, 3.63) is 62.3 Å². The normalized spacial score (nSPS) is 16.1. The Kier molecular flexibility index (Phi) is 9.22. The van der Waals surface area contributed by atoms with E-state index < -0.39 is 4.92 Å². The molecule has 0 spiro atoms. The van der Waals surface area contributed by atoms with Gasteiger partial charge in [-0.15, -0.1) is 11.3 Å². The van der Waals surface area contributed by atoms with Crippen molar-refractivity contribution in [2.24, 2.45) is 4.99 Å². The molecule has 1 aromatic heterocycles. The Hall–Kier alpha value is -2.53. The van der Waals surface area contributed by atoms with Gasteiger partial charge in [-0.1, -0.05) is 18.2 Å². The zero-order valence-corrected chi connectivity index (χ0v) is 18.5. The Morgan fingerprint density at radius 2 is 2.06 bits per heavy atom. The summed E-state index contributed by atoms with van der Waals surface area (Å²) >= 11 is 1.75. The van der Waals surface area contributed by atoms with E-state index in [4.69, 9.17) is 9.47 Å². The number of rotatable bonds is 10. The van der Waals surface area contributed by atoms with Crippen molar-refractivity contribution >= 4 is 23.0 Å². The summed E-state index contributed by atoms with van der Waals surface area (Å²) in [5, 5.41) is 19.7. The molecule has 2 heterocycles. The van der Waals surface area contributed by atoms with E-state index >= 15 is 0 Å². The van der Waals surface area contributed by atoms with Gasteiger partial charge in [0.15, 0.2) is 5.96 Å². The monoisotopic (exact) mass is 447 g/mol. The smallest absolute Gasteiger partial charge is 0.269 e. The molecular weight excluding hydrogens is 418 g/mol. The molecule has 1 aromatic carbocycles. The maximum Gasteiger partial charge on any atom is 0.269 e. The molecule has 2 N–H and O–H groups in total. The van der Waals surface area contributed by atoms with Crippen LogP contribution in [0, 0.1) is 10.1 Å². The molecule has 10 heteroatoms. The third-order valence-electron chi connectivity index (χ3n) is 4.99. The van der Waals surface area contributed by atoms with Crippen LogP contribution in [0.5, 0.6) is 0 Å². The van der Waals surface area contributed by atoms with E-state index in [-0.39, 0.29) is 11.7 Å². The molecule has 0 amide bonds. The maximum atomic E-state index is 10.8. The van der Waals surface area contributed by atoms with Gasteiger partial charge in [0.1, 0.15) is 0 Å². The number of ether oxygens (including phenoxy) is 2. The fraction of sp³-hybridized carbons (Fsp3) is 0.476. The highest BCUT2D eigenvalue weighted by atomic mass is 32.1. The number of benzene rings is 1. The second-order valence-electron chi connectivity index (χ2n) is 7.07. The number of guanidine groups is 1. The number of nitrogens with one attached hydrogen (secondary N) is 2. The zero-order valence-electron chi connectivity index (χ0n) is 17.7. The number of hydrogen-bond donors (Lipinski definition) is 2. The van der Waals surface area contributed by atoms with Crippen LogP contribution in [0.25, 0.3) is 0 Å². The second kappa shape index (κ2) is 12.4. The molecule has 0 saturated carbocycles. The maximum absolute atomic E-state index is 10.8. The Labute approximate surface area is 186 Å². The van der Waals surface area contributed by atoms with Crippen LogP contribution < -0.4 is 10.6 Å². The Morgan fingerprint density at radius 1 is 1.29 bits per heavy atom. The number of nitrogens with zero attached hydrogens (tertiary/aromatic N) is 3. The summed E-state index contributed by atoms with van der Waals surface area (Å²) in [6.07, 6.45) is 0. The molecule has 9 nitrogen and oxygen atoms in total. The summed E-state index contributed by atoms with van der Waals surface area (Å²) in [5.41, 5.74) is 0.982. The van der Waals surface area contributed by atoms with Gasteiger partial charge >= 0.3 is 0 Å². The molecule has 1 atom stereocenters. The van der Waals surface area contributed by atoms with E-state index in [1.807, 2.05) is 0 Å². The molecule has 1 fully saturated rings. The Balaban J connectivity index is 1.66. The van der Waals surface area contributed by atoms with Crippen LogP contribution in [-0.4, -0.2) is 68.9 Å². The summed E-state index contributed by atoms with van der Waals surface area (Å²) < 4.78 is 10.7. The van der Waals surface area contributed by atoms with Crippen LogP contribution in [0.3, 0.4) is 0 Å². The van der Waals surface area contributed by atoms with Crippen molar-refractivity contribution in [1.29, 1.82) is 0 Å². The molecule has 1 aliphatic rings. The largest absolute Gasteiger partial charge is 0.383 e. The van der Waals surface area contributed by atoms with Gasteiger partial charge in [0, 0.05) is 50.3 Å². The van der Waals surface area contributed by atoms with Crippen molar-refractivity contribution < 1.29 is 14.4 Å². The van der Waals surface area contributed by atoms with Gasteiger partial charge in [-0.05, 0) is 17.0 Å². The van der Waals surface area contributed by atoms with Crippen molar-refractivity contribution in [2.45, 2.75) is 12.6 Å². The first-order valence-corrected chi connectivity index (χ1v) is 11.1. The van der Waals surface area contributed by atoms with Gasteiger partial charge in [-0.25, -0.2) is 4.99 Å². The van der Waals surface area contributed by atoms with Crippen LogP contribution in [-0.2, 0) is 16.0 Å². The summed E-state index contributed by atoms with van der Waals surface area (Å²) in [4.78, 5) is 18.8. The van der Waals surface area contributed by atoms with E-state index in [0.717, 1.165) is 31.9 Å². The third-order valence-corrected chi connectivity index (χ3v) is 5.96. The van der Waals surface area contributed by atoms with Gasteiger partial charge in [-0.3, -0.25) is 15.0 Å². The fourth-order valence-electron chi connectivity index (χ4n) is 3.31. The molecule has 1 saturated heterocycles. The Morgan fingerprint density at radius 3 is 2.71 bits per heavy atom. The standard InChI is InChI=1S/C21H29N5O4S/c1-29-11-8-22-21(23-15-17-4-6-18(7-5-17)26(27)28)24-16-19(20-3-2-14-31-20)25-9-12-30-13-10-25/h2-7,14,19H,8-13,15-16H2,1H3,(H2,22,23,24). The highest BCUT2D eigenvalue weighted by molar-refractivity contribution is 7.10. The number of nitro benzene ring substituents is 1. The van der Waals surface area contributed by atoms with E-state index in [2.05, 4.69) is 38.0 Å². The van der Waals surface area contributed by atoms with Gasteiger partial charge in [0.2, 0.25) is 0 Å². The molecule has 3 rings (SSSR count). The molecule has 0 bridgehead atoms. The van der Waals surface area contributed by atoms with Crippen LogP contribution >= 0.6 is 11.3 Å². The molecule has 0 aliphatic carbocycles. The predicted molar refractivity (Wildman–Crippen MR) is 122 cm³/mol. The highest BCUT2D eigenvalue weighted by Gasteiger charge is 2.23. The van der Waals surface area contributed by atoms with Crippen molar-refractivity contribution in [3.63, 3.8) is 0 Å². The van der Waals surface area contributed by atoms with Crippen molar-refractivity contribution in [3.8, 4) is 0 Å². The number of thiophene rings is 1. The predicted octanol–water partition coefficient (Wildman–Crippen LogP) is 2.41. The van der Waals surface area contributed by atoms with E-state index in [9.17, 15) is 10.1 Å². The number of methoxy groups -OCH3 is 1. The lowest BCUT2D eigenvalue weighted by Crippen LogP contribution is -2.46. The lowest BCUT2D eigenvalue weighted by atomic mass is 10.2. The molecule has 168 valence electrons. The molecule has 31 heavy (non-hydrogen) atoms. The van der Waals surface area contributed by atoms with Gasteiger partial charge in [0.05, 0.1) is 37.3 Å². The van der Waals surface area contributed by atoms with E-state index in [1.54, 1.807) is 30.6 Å². The average Bonchev–Trinajstić information content (AvgIpc) is 3.33. The number of non-ortho nitro benzene ring substituents is 1. The minimum absolute atomic E-state index is 0.0774. The molecular formula is C21H29N5O4S. The first-order chi connectivity index (χ1) is 15.2. The Bertz CT molecular complexity index is 823. The first-order valence-electron chi connectivity index (χ1n) is 10.3. The van der Waals surface area contributed by atoms with Gasteiger partial charge < -0.3 is 20.1 Å². The van der Waals surface area contributed by atoms with Crippen molar-refractivity contribution in [1.82, 2.24) is 15.5 Å². The lowest BCUT2D eigenvalue weighted by Gasteiger charge is -2.34. The topological polar surface area (TPSA) is 101 Å². The average molecular weight is 448 g/mol. The summed E-state index contributed by atoms with van der Waals surface area (Å²) in [5.74, 6) is 0.685. The summed E-state index contributed by atoms with van der Waals surface area (Å²) in [7, 11) is 1.66. The quantitative estimate of drug-likeness (QED) is 0.190. The second-order valence-corrected chi connectivity index (χ2v) is 8.05. The number of nitro groups is 1. The molecule has 1 aliphatic heterocycles. The number of aliphatic imine (C=N–C) groups is 1. The SMILES string of the molecule is COCCNC(=NCc1ccc([N+](=O)[O-])cc1)NCC(c1cccs1)N1CCOCC1. The van der Waals surface area contributed by atoms with Crippen LogP contribution in [0.15, 0.2) is 46.8 Å². The summed E-state index contributed by atoms with van der Waals surface area (Å²) in [6.45, 7) is 5.61. The molecule has 1 unspecified atom stereocenters. The highest BCUT2D eigenvalue weighted by Crippen LogP contribution is 2.25. The van der Waals surface area contributed by atoms with Crippen LogP contribution in [0.1, 0.15) is 16.5 Å². The lowest BCUT2D eigenvalue weighted by molar-refractivity contribution is -0.384. The number of hydrogen-bond acceptors (Lipinski definition) is 7. The number of morpholine rings is 1. The van der Waals surface area contributed by atoms with E-state index in [1.165, 1.54) is 17.0 Å². The zero-order chi connectivity index (χ0) is 21.9.